The van der Waals surface area contributed by atoms with E-state index in [0.29, 0.717) is 6.54 Å². The topological polar surface area (TPSA) is 38.8 Å². The summed E-state index contributed by atoms with van der Waals surface area (Å²) in [6.45, 7) is 12.1. The van der Waals surface area contributed by atoms with Gasteiger partial charge in [-0.15, -0.1) is 0 Å². The predicted octanol–water partition coefficient (Wildman–Crippen LogP) is 6.15. The number of hydrogen-bond donors (Lipinski definition) is 0. The lowest BCUT2D eigenvalue weighted by Crippen LogP contribution is -2.44. The molecule has 0 radical (unpaired) electrons. The largest absolute Gasteiger partial charge is 0.444 e. The Morgan fingerprint density at radius 3 is 2.78 bits per heavy atom. The van der Waals surface area contributed by atoms with Crippen LogP contribution in [0.1, 0.15) is 70.6 Å². The highest BCUT2D eigenvalue weighted by molar-refractivity contribution is 6.30. The minimum atomic E-state index is -0.482. The number of carbonyl (C=O) groups excluding carboxylic acids is 1. The maximum absolute atomic E-state index is 12.5. The highest BCUT2D eigenvalue weighted by Gasteiger charge is 2.33. The lowest BCUT2D eigenvalue weighted by atomic mass is 9.86. The van der Waals surface area contributed by atoms with Crippen molar-refractivity contribution in [2.45, 2.75) is 72.0 Å². The summed E-state index contributed by atoms with van der Waals surface area (Å²) in [5.41, 5.74) is 1.83. The zero-order chi connectivity index (χ0) is 20.0. The van der Waals surface area contributed by atoms with Crippen LogP contribution in [0, 0.1) is 12.8 Å². The average Bonchev–Trinajstić information content (AvgIpc) is 2.60. The van der Waals surface area contributed by atoms with Crippen LogP contribution in [0.15, 0.2) is 18.2 Å². The van der Waals surface area contributed by atoms with Gasteiger partial charge < -0.3 is 14.4 Å². The van der Waals surface area contributed by atoms with E-state index in [4.69, 9.17) is 21.1 Å². The maximum Gasteiger partial charge on any atom is 0.410 e. The van der Waals surface area contributed by atoms with Gasteiger partial charge in [-0.25, -0.2) is 4.79 Å². The van der Waals surface area contributed by atoms with Crippen LogP contribution in [0.2, 0.25) is 5.02 Å². The molecule has 0 aromatic heterocycles. The van der Waals surface area contributed by atoms with Gasteiger partial charge >= 0.3 is 6.09 Å². The molecule has 1 fully saturated rings. The van der Waals surface area contributed by atoms with E-state index in [1.54, 1.807) is 0 Å². The fraction of sp³-hybridized carbons (Fsp3) is 0.682. The lowest BCUT2D eigenvalue weighted by Gasteiger charge is -2.38. The summed E-state index contributed by atoms with van der Waals surface area (Å²) in [5.74, 6) is 0.236. The van der Waals surface area contributed by atoms with E-state index in [9.17, 15) is 4.79 Å². The summed E-state index contributed by atoms with van der Waals surface area (Å²) in [6.07, 6.45) is 3.82. The van der Waals surface area contributed by atoms with Gasteiger partial charge in [0.15, 0.2) is 0 Å². The van der Waals surface area contributed by atoms with Crippen molar-refractivity contribution >= 4 is 17.7 Å². The molecule has 0 unspecified atom stereocenters. The molecule has 1 amide bonds. The number of piperidine rings is 1. The minimum absolute atomic E-state index is 0.0551. The monoisotopic (exact) mass is 395 g/mol. The molecule has 1 heterocycles. The molecular formula is C22H34ClNO3. The maximum atomic E-state index is 12.5. The predicted molar refractivity (Wildman–Crippen MR) is 110 cm³/mol. The highest BCUT2D eigenvalue weighted by Crippen LogP contribution is 2.36. The fourth-order valence-corrected chi connectivity index (χ4v) is 3.68. The SMILES string of the molecule is CCCCO[C@@H](c1cc(Cl)ccc1C)[C@@H]1CCCN(C(=O)OC(C)(C)C)C1. The molecule has 1 aromatic rings. The van der Waals surface area contributed by atoms with E-state index in [2.05, 4.69) is 13.8 Å². The Kier molecular flexibility index (Phi) is 7.99. The molecule has 1 aliphatic rings. The van der Waals surface area contributed by atoms with Gasteiger partial charge in [-0.05, 0) is 70.2 Å². The number of likely N-dealkylation sites (tertiary alicyclic amines) is 1. The normalized spacial score (nSPS) is 19.0. The molecule has 2 rings (SSSR count). The minimum Gasteiger partial charge on any atom is -0.444 e. The molecule has 1 aromatic carbocycles. The van der Waals surface area contributed by atoms with Crippen LogP contribution in [-0.4, -0.2) is 36.3 Å². The number of aryl methyl sites for hydroxylation is 1. The van der Waals surface area contributed by atoms with E-state index in [0.717, 1.165) is 49.4 Å². The summed E-state index contributed by atoms with van der Waals surface area (Å²) in [4.78, 5) is 14.4. The Balaban J connectivity index is 2.18. The molecule has 27 heavy (non-hydrogen) atoms. The van der Waals surface area contributed by atoms with E-state index in [1.165, 1.54) is 5.56 Å². The summed E-state index contributed by atoms with van der Waals surface area (Å²) in [5, 5.41) is 0.722. The second kappa shape index (κ2) is 9.79. The third-order valence-electron chi connectivity index (χ3n) is 4.88. The Morgan fingerprint density at radius 2 is 2.11 bits per heavy atom. The lowest BCUT2D eigenvalue weighted by molar-refractivity contribution is -0.0265. The number of amides is 1. The third-order valence-corrected chi connectivity index (χ3v) is 5.12. The van der Waals surface area contributed by atoms with E-state index in [-0.39, 0.29) is 18.1 Å². The first kappa shape index (κ1) is 22.0. The van der Waals surface area contributed by atoms with Crippen molar-refractivity contribution in [2.75, 3.05) is 19.7 Å². The number of unbranched alkanes of at least 4 members (excludes halogenated alkanes) is 1. The van der Waals surface area contributed by atoms with Gasteiger partial charge in [-0.3, -0.25) is 0 Å². The summed E-state index contributed by atoms with van der Waals surface area (Å²) in [7, 11) is 0. The number of nitrogens with zero attached hydrogens (tertiary/aromatic N) is 1. The second-order valence-corrected chi connectivity index (χ2v) is 8.91. The molecule has 1 saturated heterocycles. The molecule has 0 saturated carbocycles. The van der Waals surface area contributed by atoms with Crippen molar-refractivity contribution in [1.29, 1.82) is 0 Å². The van der Waals surface area contributed by atoms with Crippen LogP contribution in [0.4, 0.5) is 4.79 Å². The zero-order valence-corrected chi connectivity index (χ0v) is 18.1. The summed E-state index contributed by atoms with van der Waals surface area (Å²) in [6, 6.07) is 5.97. The number of hydrogen-bond acceptors (Lipinski definition) is 3. The van der Waals surface area contributed by atoms with E-state index < -0.39 is 5.60 Å². The van der Waals surface area contributed by atoms with E-state index in [1.807, 2.05) is 43.9 Å². The third kappa shape index (κ3) is 6.69. The molecule has 1 aliphatic heterocycles. The summed E-state index contributed by atoms with van der Waals surface area (Å²) < 4.78 is 11.9. The van der Waals surface area contributed by atoms with Crippen LogP contribution < -0.4 is 0 Å². The Morgan fingerprint density at radius 1 is 1.37 bits per heavy atom. The van der Waals surface area contributed by atoms with Crippen LogP contribution in [0.3, 0.4) is 0 Å². The molecule has 0 N–H and O–H groups in total. The molecular weight excluding hydrogens is 362 g/mol. The van der Waals surface area contributed by atoms with Crippen molar-refractivity contribution in [3.8, 4) is 0 Å². The molecule has 4 nitrogen and oxygen atoms in total. The first-order chi connectivity index (χ1) is 12.7. The van der Waals surface area contributed by atoms with Crippen molar-refractivity contribution < 1.29 is 14.3 Å². The summed E-state index contributed by atoms with van der Waals surface area (Å²) >= 11 is 6.27. The van der Waals surface area contributed by atoms with Gasteiger partial charge in [0.25, 0.3) is 0 Å². The van der Waals surface area contributed by atoms with Crippen LogP contribution >= 0.6 is 11.6 Å². The Labute approximate surface area is 169 Å². The molecule has 0 aliphatic carbocycles. The zero-order valence-electron chi connectivity index (χ0n) is 17.4. The molecule has 5 heteroatoms. The standard InChI is InChI=1S/C22H34ClNO3/c1-6-7-13-26-20(19-14-18(23)11-10-16(19)2)17-9-8-12-24(15-17)21(25)27-22(3,4)5/h10-11,14,17,20H,6-9,12-13,15H2,1-5H3/t17-,20-/m1/s1. The van der Waals surface area contributed by atoms with Crippen LogP contribution in [0.5, 0.6) is 0 Å². The van der Waals surface area contributed by atoms with Crippen molar-refractivity contribution in [2.24, 2.45) is 5.92 Å². The number of halogens is 1. The average molecular weight is 396 g/mol. The number of benzene rings is 1. The number of ether oxygens (including phenoxy) is 2. The highest BCUT2D eigenvalue weighted by atomic mass is 35.5. The van der Waals surface area contributed by atoms with Gasteiger partial charge in [0.05, 0.1) is 6.10 Å². The van der Waals surface area contributed by atoms with Gasteiger partial charge in [0, 0.05) is 30.6 Å². The molecule has 2 atom stereocenters. The first-order valence-electron chi connectivity index (χ1n) is 10.1. The molecule has 152 valence electrons. The van der Waals surface area contributed by atoms with Crippen molar-refractivity contribution in [1.82, 2.24) is 4.90 Å². The van der Waals surface area contributed by atoms with E-state index >= 15 is 0 Å². The van der Waals surface area contributed by atoms with Crippen LogP contribution in [-0.2, 0) is 9.47 Å². The second-order valence-electron chi connectivity index (χ2n) is 8.47. The Bertz CT molecular complexity index is 626. The quantitative estimate of drug-likeness (QED) is 0.542. The molecule has 0 spiro atoms. The number of rotatable bonds is 6. The van der Waals surface area contributed by atoms with Crippen molar-refractivity contribution in [3.05, 3.63) is 34.3 Å². The van der Waals surface area contributed by atoms with Gasteiger partial charge in [0.2, 0.25) is 0 Å². The van der Waals surface area contributed by atoms with Crippen LogP contribution in [0.25, 0.3) is 0 Å². The van der Waals surface area contributed by atoms with Crippen molar-refractivity contribution in [3.63, 3.8) is 0 Å². The molecule has 0 bridgehead atoms. The van der Waals surface area contributed by atoms with Gasteiger partial charge in [0.1, 0.15) is 5.60 Å². The smallest absolute Gasteiger partial charge is 0.410 e. The number of carbonyl (C=O) groups is 1. The van der Waals surface area contributed by atoms with Gasteiger partial charge in [-0.2, -0.15) is 0 Å². The first-order valence-corrected chi connectivity index (χ1v) is 10.4. The van der Waals surface area contributed by atoms with Gasteiger partial charge in [-0.1, -0.05) is 31.0 Å². The Hall–Kier alpha value is -1.26. The fourth-order valence-electron chi connectivity index (χ4n) is 3.50.